The zero-order valence-electron chi connectivity index (χ0n) is 12.9. The number of fused-ring (bicyclic) bond motifs is 1. The molecule has 1 amide bonds. The highest BCUT2D eigenvalue weighted by Gasteiger charge is 2.26. The Morgan fingerprint density at radius 2 is 2.00 bits per heavy atom. The zero-order chi connectivity index (χ0) is 15.6. The fourth-order valence-corrected chi connectivity index (χ4v) is 2.67. The van der Waals surface area contributed by atoms with E-state index in [1.807, 2.05) is 20.8 Å². The molecule has 1 aliphatic heterocycles. The third-order valence-corrected chi connectivity index (χ3v) is 3.60. The van der Waals surface area contributed by atoms with Crippen molar-refractivity contribution in [1.82, 2.24) is 5.32 Å². The van der Waals surface area contributed by atoms with Crippen LogP contribution >= 0.6 is 0 Å². The molecule has 0 bridgehead atoms. The lowest BCUT2D eigenvalue weighted by Crippen LogP contribution is -2.39. The van der Waals surface area contributed by atoms with Gasteiger partial charge in [0.05, 0.1) is 18.8 Å². The van der Waals surface area contributed by atoms with Gasteiger partial charge in [-0.2, -0.15) is 0 Å². The van der Waals surface area contributed by atoms with Gasteiger partial charge in [0.2, 0.25) is 5.91 Å². The number of rotatable bonds is 5. The molecule has 5 nitrogen and oxygen atoms in total. The van der Waals surface area contributed by atoms with Crippen molar-refractivity contribution in [1.29, 1.82) is 0 Å². The van der Waals surface area contributed by atoms with E-state index in [9.17, 15) is 9.59 Å². The molecule has 114 valence electrons. The van der Waals surface area contributed by atoms with Crippen molar-refractivity contribution in [3.8, 4) is 5.75 Å². The number of ketones is 1. The fraction of sp³-hybridized carbons (Fsp3) is 0.500. The van der Waals surface area contributed by atoms with Gasteiger partial charge >= 0.3 is 0 Å². The smallest absolute Gasteiger partial charge is 0.224 e. The summed E-state index contributed by atoms with van der Waals surface area (Å²) in [6.07, 6.45) is 0.959. The van der Waals surface area contributed by atoms with Crippen molar-refractivity contribution in [2.75, 3.05) is 12.4 Å². The van der Waals surface area contributed by atoms with Crippen molar-refractivity contribution < 1.29 is 14.3 Å². The predicted molar refractivity (Wildman–Crippen MR) is 82.0 cm³/mol. The molecule has 1 aromatic carbocycles. The van der Waals surface area contributed by atoms with Gasteiger partial charge in [0.25, 0.3) is 0 Å². The van der Waals surface area contributed by atoms with Gasteiger partial charge < -0.3 is 15.4 Å². The summed E-state index contributed by atoms with van der Waals surface area (Å²) in [5, 5.41) is 6.03. The van der Waals surface area contributed by atoms with Crippen molar-refractivity contribution in [3.63, 3.8) is 0 Å². The lowest BCUT2D eigenvalue weighted by molar-refractivity contribution is -0.116. The van der Waals surface area contributed by atoms with Gasteiger partial charge in [-0.05, 0) is 31.0 Å². The van der Waals surface area contributed by atoms with Crippen molar-refractivity contribution >= 4 is 17.4 Å². The third kappa shape index (κ3) is 3.24. The highest BCUT2D eigenvalue weighted by Crippen LogP contribution is 2.35. The number of carbonyl (C=O) groups excluding carboxylic acids is 2. The molecule has 0 spiro atoms. The van der Waals surface area contributed by atoms with Crippen molar-refractivity contribution in [3.05, 3.63) is 23.3 Å². The highest BCUT2D eigenvalue weighted by molar-refractivity contribution is 6.05. The Hall–Kier alpha value is -1.88. The Bertz CT molecular complexity index is 567. The standard InChI is InChI=1S/C16H22N2O3/c1-9(2)17-10(3)16(20)12-5-7-13(21-4)15-11(12)6-8-14(19)18-15/h5,7,9-10,17H,6,8H2,1-4H3,(H,18,19). The number of carbonyl (C=O) groups is 2. The van der Waals surface area contributed by atoms with Gasteiger partial charge in [0.15, 0.2) is 5.78 Å². The molecule has 0 radical (unpaired) electrons. The number of hydrogen-bond acceptors (Lipinski definition) is 4. The van der Waals surface area contributed by atoms with Crippen LogP contribution in [0.2, 0.25) is 0 Å². The summed E-state index contributed by atoms with van der Waals surface area (Å²) < 4.78 is 5.28. The maximum Gasteiger partial charge on any atom is 0.224 e. The molecule has 5 heteroatoms. The SMILES string of the molecule is COc1ccc(C(=O)C(C)NC(C)C)c2c1NC(=O)CC2. The first-order valence-corrected chi connectivity index (χ1v) is 7.24. The van der Waals surface area contributed by atoms with E-state index in [-0.39, 0.29) is 23.8 Å². The second-order valence-electron chi connectivity index (χ2n) is 5.62. The average molecular weight is 290 g/mol. The van der Waals surface area contributed by atoms with Gasteiger partial charge in [-0.3, -0.25) is 9.59 Å². The van der Waals surface area contributed by atoms with Crippen LogP contribution in [0.4, 0.5) is 5.69 Å². The molecule has 0 aromatic heterocycles. The third-order valence-electron chi connectivity index (χ3n) is 3.60. The van der Waals surface area contributed by atoms with Gasteiger partial charge in [0.1, 0.15) is 5.75 Å². The Kier molecular flexibility index (Phi) is 4.63. The van der Waals surface area contributed by atoms with E-state index in [0.29, 0.717) is 29.8 Å². The van der Waals surface area contributed by atoms with E-state index in [1.165, 1.54) is 0 Å². The zero-order valence-corrected chi connectivity index (χ0v) is 12.9. The van der Waals surface area contributed by atoms with Crippen LogP contribution < -0.4 is 15.4 Å². The molecule has 0 saturated carbocycles. The quantitative estimate of drug-likeness (QED) is 0.815. The summed E-state index contributed by atoms with van der Waals surface area (Å²) in [5.41, 5.74) is 2.17. The monoisotopic (exact) mass is 290 g/mol. The Balaban J connectivity index is 2.39. The minimum atomic E-state index is -0.264. The molecule has 1 atom stereocenters. The van der Waals surface area contributed by atoms with E-state index in [0.717, 1.165) is 5.56 Å². The van der Waals surface area contributed by atoms with E-state index >= 15 is 0 Å². The summed E-state index contributed by atoms with van der Waals surface area (Å²) in [6, 6.07) is 3.49. The van der Waals surface area contributed by atoms with Crippen LogP contribution in [-0.4, -0.2) is 30.9 Å². The minimum Gasteiger partial charge on any atom is -0.495 e. The molecule has 1 unspecified atom stereocenters. The number of benzene rings is 1. The molecule has 2 N–H and O–H groups in total. The number of methoxy groups -OCH3 is 1. The molecule has 0 fully saturated rings. The minimum absolute atomic E-state index is 0.0405. The first-order valence-electron chi connectivity index (χ1n) is 7.24. The maximum absolute atomic E-state index is 12.6. The molecule has 21 heavy (non-hydrogen) atoms. The highest BCUT2D eigenvalue weighted by atomic mass is 16.5. The molecule has 2 rings (SSSR count). The molecular weight excluding hydrogens is 268 g/mol. The van der Waals surface area contributed by atoms with E-state index < -0.39 is 0 Å². The number of anilines is 1. The van der Waals surface area contributed by atoms with Crippen molar-refractivity contribution in [2.45, 2.75) is 45.7 Å². The molecular formula is C16H22N2O3. The van der Waals surface area contributed by atoms with Crippen LogP contribution in [0.3, 0.4) is 0 Å². The largest absolute Gasteiger partial charge is 0.495 e. The van der Waals surface area contributed by atoms with E-state index in [4.69, 9.17) is 4.74 Å². The summed E-state index contributed by atoms with van der Waals surface area (Å²) >= 11 is 0. The molecule has 0 saturated heterocycles. The Morgan fingerprint density at radius 3 is 2.62 bits per heavy atom. The van der Waals surface area contributed by atoms with E-state index in [1.54, 1.807) is 19.2 Å². The number of ether oxygens (including phenoxy) is 1. The second-order valence-corrected chi connectivity index (χ2v) is 5.62. The van der Waals surface area contributed by atoms with Gasteiger partial charge in [-0.15, -0.1) is 0 Å². The first-order chi connectivity index (χ1) is 9.93. The topological polar surface area (TPSA) is 67.4 Å². The van der Waals surface area contributed by atoms with Crippen LogP contribution in [0.25, 0.3) is 0 Å². The second kappa shape index (κ2) is 6.26. The average Bonchev–Trinajstić information content (AvgIpc) is 2.44. The van der Waals surface area contributed by atoms with Gasteiger partial charge in [-0.25, -0.2) is 0 Å². The molecule has 1 heterocycles. The van der Waals surface area contributed by atoms with Gasteiger partial charge in [0, 0.05) is 18.0 Å². The summed E-state index contributed by atoms with van der Waals surface area (Å²) in [6.45, 7) is 5.88. The summed E-state index contributed by atoms with van der Waals surface area (Å²) in [4.78, 5) is 24.2. The fourth-order valence-electron chi connectivity index (χ4n) is 2.67. The lowest BCUT2D eigenvalue weighted by atomic mass is 9.92. The van der Waals surface area contributed by atoms with Crippen LogP contribution in [-0.2, 0) is 11.2 Å². The van der Waals surface area contributed by atoms with Crippen LogP contribution in [0.5, 0.6) is 5.75 Å². The normalized spacial score (nSPS) is 15.4. The summed E-state index contributed by atoms with van der Waals surface area (Å²) in [5.74, 6) is 0.594. The lowest BCUT2D eigenvalue weighted by Gasteiger charge is -2.24. The predicted octanol–water partition coefficient (Wildman–Crippen LogP) is 2.15. The van der Waals surface area contributed by atoms with Gasteiger partial charge in [-0.1, -0.05) is 13.8 Å². The Morgan fingerprint density at radius 1 is 1.29 bits per heavy atom. The number of amides is 1. The molecule has 1 aliphatic rings. The molecule has 1 aromatic rings. The van der Waals surface area contributed by atoms with Crippen LogP contribution in [0.1, 0.15) is 43.1 Å². The number of hydrogen-bond donors (Lipinski definition) is 2. The molecule has 0 aliphatic carbocycles. The van der Waals surface area contributed by atoms with Crippen LogP contribution in [0.15, 0.2) is 12.1 Å². The maximum atomic E-state index is 12.6. The first kappa shape index (κ1) is 15.5. The van der Waals surface area contributed by atoms with Crippen LogP contribution in [0, 0.1) is 0 Å². The van der Waals surface area contributed by atoms with Crippen molar-refractivity contribution in [2.24, 2.45) is 0 Å². The number of Topliss-reactive ketones (excluding diaryl/α,β-unsaturated/α-hetero) is 1. The van der Waals surface area contributed by atoms with E-state index in [2.05, 4.69) is 10.6 Å². The number of nitrogens with one attached hydrogen (secondary N) is 2. The Labute approximate surface area is 125 Å². The summed E-state index contributed by atoms with van der Waals surface area (Å²) in [7, 11) is 1.56.